The number of fused-ring (bicyclic) bond motifs is 1. The minimum Gasteiger partial charge on any atom is -0.495 e. The fraction of sp³-hybridized carbons (Fsp3) is 0.259. The second kappa shape index (κ2) is 9.58. The van der Waals surface area contributed by atoms with Gasteiger partial charge in [-0.3, -0.25) is 4.79 Å². The minimum absolute atomic E-state index is 0.0806. The Balaban J connectivity index is 1.41. The zero-order chi connectivity index (χ0) is 24.4. The van der Waals surface area contributed by atoms with Crippen molar-refractivity contribution in [3.8, 4) is 11.4 Å². The SMILES string of the molecule is COc1cc(/C=C/c2nc3n(n2)CCC[C@H]3c2ccccc2NC(C)=O)ccc1-n1cnc(C)c1. The fourth-order valence-electron chi connectivity index (χ4n) is 4.57. The summed E-state index contributed by atoms with van der Waals surface area (Å²) in [7, 11) is 1.67. The van der Waals surface area contributed by atoms with Gasteiger partial charge >= 0.3 is 0 Å². The van der Waals surface area contributed by atoms with Crippen LogP contribution in [0.4, 0.5) is 5.69 Å². The van der Waals surface area contributed by atoms with Crippen LogP contribution in [0.1, 0.15) is 54.2 Å². The molecule has 2 aromatic heterocycles. The Morgan fingerprint density at radius 3 is 2.83 bits per heavy atom. The number of nitrogens with one attached hydrogen (secondary N) is 1. The number of hydrogen-bond donors (Lipinski definition) is 1. The van der Waals surface area contributed by atoms with Crippen molar-refractivity contribution in [2.45, 2.75) is 39.2 Å². The van der Waals surface area contributed by atoms with Gasteiger partial charge in [0, 0.05) is 31.3 Å². The maximum absolute atomic E-state index is 11.7. The molecule has 8 heteroatoms. The quantitative estimate of drug-likeness (QED) is 0.438. The molecule has 8 nitrogen and oxygen atoms in total. The summed E-state index contributed by atoms with van der Waals surface area (Å²) in [5.74, 6) is 2.35. The molecule has 0 spiro atoms. The number of aromatic nitrogens is 5. The third kappa shape index (κ3) is 4.73. The van der Waals surface area contributed by atoms with Gasteiger partial charge < -0.3 is 14.6 Å². The molecule has 4 aromatic rings. The van der Waals surface area contributed by atoms with E-state index in [1.54, 1.807) is 13.4 Å². The van der Waals surface area contributed by atoms with E-state index in [0.29, 0.717) is 5.82 Å². The van der Waals surface area contributed by atoms with Crippen molar-refractivity contribution in [1.82, 2.24) is 24.3 Å². The van der Waals surface area contributed by atoms with E-state index in [2.05, 4.69) is 16.4 Å². The molecule has 1 aliphatic heterocycles. The number of benzene rings is 2. The van der Waals surface area contributed by atoms with E-state index >= 15 is 0 Å². The van der Waals surface area contributed by atoms with Gasteiger partial charge in [-0.2, -0.15) is 5.10 Å². The van der Waals surface area contributed by atoms with Crippen LogP contribution in [0.15, 0.2) is 55.0 Å². The number of amides is 1. The van der Waals surface area contributed by atoms with E-state index in [9.17, 15) is 4.79 Å². The van der Waals surface area contributed by atoms with E-state index in [-0.39, 0.29) is 11.8 Å². The summed E-state index contributed by atoms with van der Waals surface area (Å²) in [6.45, 7) is 4.32. The number of carbonyl (C=O) groups excluding carboxylic acids is 1. The number of methoxy groups -OCH3 is 1. The monoisotopic (exact) mass is 468 g/mol. The number of rotatable bonds is 6. The maximum atomic E-state index is 11.7. The Morgan fingerprint density at radius 1 is 1.20 bits per heavy atom. The van der Waals surface area contributed by atoms with Gasteiger partial charge in [-0.25, -0.2) is 14.6 Å². The van der Waals surface area contributed by atoms with Crippen LogP contribution in [-0.2, 0) is 11.3 Å². The molecule has 3 heterocycles. The van der Waals surface area contributed by atoms with Crippen molar-refractivity contribution in [3.05, 3.63) is 83.5 Å². The average molecular weight is 469 g/mol. The molecule has 0 unspecified atom stereocenters. The molecule has 0 fully saturated rings. The zero-order valence-corrected chi connectivity index (χ0v) is 20.1. The lowest BCUT2D eigenvalue weighted by atomic mass is 9.90. The minimum atomic E-state index is -0.0806. The predicted octanol–water partition coefficient (Wildman–Crippen LogP) is 4.84. The molecule has 5 rings (SSSR count). The number of hydrogen-bond acceptors (Lipinski definition) is 5. The molecule has 0 aliphatic carbocycles. The van der Waals surface area contributed by atoms with Gasteiger partial charge in [0.25, 0.3) is 0 Å². The largest absolute Gasteiger partial charge is 0.495 e. The zero-order valence-electron chi connectivity index (χ0n) is 20.1. The van der Waals surface area contributed by atoms with E-state index in [1.807, 2.05) is 70.9 Å². The van der Waals surface area contributed by atoms with Gasteiger partial charge in [-0.1, -0.05) is 30.3 Å². The van der Waals surface area contributed by atoms with Crippen molar-refractivity contribution in [2.75, 3.05) is 12.4 Å². The molecule has 0 saturated heterocycles. The van der Waals surface area contributed by atoms with Crippen molar-refractivity contribution < 1.29 is 9.53 Å². The van der Waals surface area contributed by atoms with Crippen LogP contribution in [0.2, 0.25) is 0 Å². The lowest BCUT2D eigenvalue weighted by Crippen LogP contribution is -2.19. The lowest BCUT2D eigenvalue weighted by molar-refractivity contribution is -0.114. The summed E-state index contributed by atoms with van der Waals surface area (Å²) < 4.78 is 9.56. The molecule has 2 aromatic carbocycles. The van der Waals surface area contributed by atoms with Gasteiger partial charge in [0.05, 0.1) is 24.8 Å². The summed E-state index contributed by atoms with van der Waals surface area (Å²) >= 11 is 0. The van der Waals surface area contributed by atoms with Crippen LogP contribution in [0.25, 0.3) is 17.8 Å². The van der Waals surface area contributed by atoms with Gasteiger partial charge in [0.15, 0.2) is 5.82 Å². The summed E-state index contributed by atoms with van der Waals surface area (Å²) in [5.41, 5.74) is 4.77. The maximum Gasteiger partial charge on any atom is 0.221 e. The highest BCUT2D eigenvalue weighted by Crippen LogP contribution is 2.36. The first-order valence-corrected chi connectivity index (χ1v) is 11.7. The molecule has 1 aliphatic rings. The number of imidazole rings is 1. The summed E-state index contributed by atoms with van der Waals surface area (Å²) in [5, 5.41) is 7.69. The van der Waals surface area contributed by atoms with Gasteiger partial charge in [0.1, 0.15) is 11.6 Å². The molecular weight excluding hydrogens is 440 g/mol. The van der Waals surface area contributed by atoms with Gasteiger partial charge in [-0.05, 0) is 55.2 Å². The summed E-state index contributed by atoms with van der Waals surface area (Å²) in [6.07, 6.45) is 9.64. The molecule has 0 saturated carbocycles. The second-order valence-electron chi connectivity index (χ2n) is 8.70. The fourth-order valence-corrected chi connectivity index (χ4v) is 4.57. The molecule has 178 valence electrons. The summed E-state index contributed by atoms with van der Waals surface area (Å²) in [6, 6.07) is 14.0. The highest BCUT2D eigenvalue weighted by Gasteiger charge is 2.27. The van der Waals surface area contributed by atoms with Crippen LogP contribution in [0.5, 0.6) is 5.75 Å². The standard InChI is InChI=1S/C27H28N6O2/c1-18-16-32(17-28-18)24-12-10-20(15-25(24)35-3)11-13-26-30-27-22(8-6-14-33(27)31-26)21-7-4-5-9-23(21)29-19(2)34/h4-5,7,9-13,15-17,22H,6,8,14H2,1-3H3,(H,29,34)/b13-11+/t22-/m0/s1. The lowest BCUT2D eigenvalue weighted by Gasteiger charge is -2.24. The van der Waals surface area contributed by atoms with Crippen molar-refractivity contribution >= 4 is 23.7 Å². The Bertz CT molecular complexity index is 1400. The third-order valence-corrected chi connectivity index (χ3v) is 6.16. The van der Waals surface area contributed by atoms with Crippen LogP contribution >= 0.6 is 0 Å². The number of anilines is 1. The predicted molar refractivity (Wildman–Crippen MR) is 136 cm³/mol. The molecule has 1 atom stereocenters. The van der Waals surface area contributed by atoms with Gasteiger partial charge in [-0.15, -0.1) is 0 Å². The van der Waals surface area contributed by atoms with E-state index in [0.717, 1.165) is 59.2 Å². The summed E-state index contributed by atoms with van der Waals surface area (Å²) in [4.78, 5) is 20.9. The molecule has 0 radical (unpaired) electrons. The molecule has 35 heavy (non-hydrogen) atoms. The average Bonchev–Trinajstić information content (AvgIpc) is 3.48. The van der Waals surface area contributed by atoms with Crippen LogP contribution in [-0.4, -0.2) is 37.3 Å². The number of para-hydroxylation sites is 1. The molecule has 1 N–H and O–H groups in total. The van der Waals surface area contributed by atoms with Gasteiger partial charge in [0.2, 0.25) is 5.91 Å². The Labute approximate surface area is 204 Å². The number of carbonyl (C=O) groups is 1. The third-order valence-electron chi connectivity index (χ3n) is 6.16. The second-order valence-corrected chi connectivity index (χ2v) is 8.70. The van der Waals surface area contributed by atoms with E-state index in [4.69, 9.17) is 14.8 Å². The van der Waals surface area contributed by atoms with Crippen LogP contribution in [0, 0.1) is 6.92 Å². The first kappa shape index (κ1) is 22.6. The number of nitrogens with zero attached hydrogens (tertiary/aromatic N) is 5. The van der Waals surface area contributed by atoms with Crippen molar-refractivity contribution in [1.29, 1.82) is 0 Å². The Morgan fingerprint density at radius 2 is 2.06 bits per heavy atom. The molecule has 0 bridgehead atoms. The van der Waals surface area contributed by atoms with Crippen LogP contribution < -0.4 is 10.1 Å². The van der Waals surface area contributed by atoms with E-state index in [1.165, 1.54) is 6.92 Å². The number of aryl methyl sites for hydroxylation is 2. The molecule has 1 amide bonds. The highest BCUT2D eigenvalue weighted by molar-refractivity contribution is 5.89. The number of ether oxygens (including phenoxy) is 1. The molecular formula is C27H28N6O2. The highest BCUT2D eigenvalue weighted by atomic mass is 16.5. The normalized spacial score (nSPS) is 15.2. The smallest absolute Gasteiger partial charge is 0.221 e. The first-order valence-electron chi connectivity index (χ1n) is 11.7. The Hall–Kier alpha value is -4.20. The van der Waals surface area contributed by atoms with Crippen LogP contribution in [0.3, 0.4) is 0 Å². The topological polar surface area (TPSA) is 86.9 Å². The van der Waals surface area contributed by atoms with Crippen molar-refractivity contribution in [2.24, 2.45) is 0 Å². The Kier molecular flexibility index (Phi) is 6.18. The first-order chi connectivity index (χ1) is 17.0. The van der Waals surface area contributed by atoms with E-state index < -0.39 is 0 Å². The van der Waals surface area contributed by atoms with Crippen molar-refractivity contribution in [3.63, 3.8) is 0 Å².